The Morgan fingerprint density at radius 2 is 2.29 bits per heavy atom. The largest absolute Gasteiger partial charge is 0.481 e. The number of thioether (sulfide) groups is 1. The molecule has 0 aliphatic rings. The van der Waals surface area contributed by atoms with Crippen LogP contribution in [0.25, 0.3) is 0 Å². The maximum absolute atomic E-state index is 10.2. The summed E-state index contributed by atoms with van der Waals surface area (Å²) in [6.45, 7) is 1.92. The van der Waals surface area contributed by atoms with Crippen molar-refractivity contribution in [2.24, 2.45) is 0 Å². The lowest BCUT2D eigenvalue weighted by Crippen LogP contribution is -1.94. The molecule has 0 radical (unpaired) electrons. The summed E-state index contributed by atoms with van der Waals surface area (Å²) < 4.78 is 0.970. The van der Waals surface area contributed by atoms with E-state index in [0.29, 0.717) is 0 Å². The van der Waals surface area contributed by atoms with Crippen LogP contribution in [0.1, 0.15) is 24.3 Å². The number of carboxylic acid groups (broad SMARTS) is 1. The van der Waals surface area contributed by atoms with E-state index in [0.717, 1.165) is 27.9 Å². The molecule has 0 saturated heterocycles. The highest BCUT2D eigenvalue weighted by Gasteiger charge is 2.01. The molecule has 0 fully saturated rings. The number of carboxylic acids is 1. The Balaban J connectivity index is 2.07. The van der Waals surface area contributed by atoms with Crippen molar-refractivity contribution in [3.8, 4) is 0 Å². The van der Waals surface area contributed by atoms with Gasteiger partial charge in [-0.15, -0.1) is 10.2 Å². The minimum absolute atomic E-state index is 0.260. The monoisotopic (exact) mass is 232 g/mol. The molecule has 6 heteroatoms. The van der Waals surface area contributed by atoms with E-state index in [1.165, 1.54) is 0 Å². The maximum Gasteiger partial charge on any atom is 0.303 e. The second kappa shape index (κ2) is 5.98. The maximum atomic E-state index is 10.2. The fourth-order valence-corrected chi connectivity index (χ4v) is 2.76. The van der Waals surface area contributed by atoms with Crippen LogP contribution in [0.2, 0.25) is 0 Å². The average molecular weight is 232 g/mol. The van der Waals surface area contributed by atoms with E-state index in [4.69, 9.17) is 5.11 Å². The third-order valence-electron chi connectivity index (χ3n) is 1.52. The fourth-order valence-electron chi connectivity index (χ4n) is 0.875. The number of hydrogen-bond donors (Lipinski definition) is 1. The second-order valence-corrected chi connectivity index (χ2v) is 5.31. The number of aryl methyl sites for hydroxylation is 1. The number of aromatic nitrogens is 2. The normalized spacial score (nSPS) is 10.4. The van der Waals surface area contributed by atoms with Gasteiger partial charge < -0.3 is 5.11 Å². The molecule has 0 aromatic carbocycles. The predicted octanol–water partition coefficient (Wildman–Crippen LogP) is 2.19. The molecule has 0 atom stereocenters. The molecule has 0 aliphatic heterocycles. The standard InChI is InChI=1S/C8H12N2O2S2/c1-6-9-10-8(14-6)13-5-3-2-4-7(11)12/h2-5H2,1H3,(H,11,12). The molecular weight excluding hydrogens is 220 g/mol. The smallest absolute Gasteiger partial charge is 0.303 e. The van der Waals surface area contributed by atoms with Crippen molar-refractivity contribution in [3.63, 3.8) is 0 Å². The molecule has 14 heavy (non-hydrogen) atoms. The van der Waals surface area contributed by atoms with Crippen LogP contribution in [0, 0.1) is 6.92 Å². The summed E-state index contributed by atoms with van der Waals surface area (Å²) in [5, 5.41) is 17.2. The van der Waals surface area contributed by atoms with E-state index in [1.54, 1.807) is 23.1 Å². The number of unbranched alkanes of at least 4 members (excludes halogenated alkanes) is 1. The molecule has 1 rings (SSSR count). The summed E-state index contributed by atoms with van der Waals surface area (Å²) in [6.07, 6.45) is 1.91. The zero-order valence-corrected chi connectivity index (χ0v) is 9.53. The molecule has 0 amide bonds. The summed E-state index contributed by atoms with van der Waals surface area (Å²) in [5.74, 6) is 0.198. The van der Waals surface area contributed by atoms with Crippen molar-refractivity contribution < 1.29 is 9.90 Å². The van der Waals surface area contributed by atoms with Gasteiger partial charge in [-0.05, 0) is 19.8 Å². The second-order valence-electron chi connectivity index (χ2n) is 2.79. The summed E-state index contributed by atoms with van der Waals surface area (Å²) in [7, 11) is 0. The Labute approximate surface area is 90.7 Å². The van der Waals surface area contributed by atoms with Gasteiger partial charge in [0.1, 0.15) is 5.01 Å². The first-order valence-electron chi connectivity index (χ1n) is 4.33. The van der Waals surface area contributed by atoms with Gasteiger partial charge >= 0.3 is 5.97 Å². The number of aliphatic carboxylic acids is 1. The van der Waals surface area contributed by atoms with Gasteiger partial charge in [-0.25, -0.2) is 0 Å². The van der Waals surface area contributed by atoms with Crippen molar-refractivity contribution in [2.45, 2.75) is 30.5 Å². The molecular formula is C8H12N2O2S2. The molecule has 1 aromatic heterocycles. The molecule has 0 bridgehead atoms. The van der Waals surface area contributed by atoms with Gasteiger partial charge in [0.05, 0.1) is 0 Å². The van der Waals surface area contributed by atoms with Crippen molar-refractivity contribution >= 4 is 29.1 Å². The van der Waals surface area contributed by atoms with Gasteiger partial charge in [0.25, 0.3) is 0 Å². The van der Waals surface area contributed by atoms with Crippen LogP contribution in [-0.4, -0.2) is 27.0 Å². The molecule has 1 aromatic rings. The van der Waals surface area contributed by atoms with Crippen molar-refractivity contribution in [1.29, 1.82) is 0 Å². The van der Waals surface area contributed by atoms with Gasteiger partial charge in [0, 0.05) is 12.2 Å². The third-order valence-corrected chi connectivity index (χ3v) is 3.58. The van der Waals surface area contributed by atoms with E-state index >= 15 is 0 Å². The molecule has 1 heterocycles. The third kappa shape index (κ3) is 4.57. The van der Waals surface area contributed by atoms with E-state index in [-0.39, 0.29) is 6.42 Å². The van der Waals surface area contributed by atoms with Crippen molar-refractivity contribution in [3.05, 3.63) is 5.01 Å². The number of nitrogens with zero attached hydrogens (tertiary/aromatic N) is 2. The zero-order chi connectivity index (χ0) is 10.4. The number of carbonyl (C=O) groups is 1. The molecule has 0 unspecified atom stereocenters. The minimum Gasteiger partial charge on any atom is -0.481 e. The fraction of sp³-hybridized carbons (Fsp3) is 0.625. The lowest BCUT2D eigenvalue weighted by molar-refractivity contribution is -0.137. The Kier molecular flexibility index (Phi) is 4.89. The summed E-state index contributed by atoms with van der Waals surface area (Å²) in [5.41, 5.74) is 0. The van der Waals surface area contributed by atoms with E-state index in [9.17, 15) is 4.79 Å². The highest BCUT2D eigenvalue weighted by molar-refractivity contribution is 8.01. The van der Waals surface area contributed by atoms with Crippen molar-refractivity contribution in [1.82, 2.24) is 10.2 Å². The first-order valence-corrected chi connectivity index (χ1v) is 6.13. The highest BCUT2D eigenvalue weighted by Crippen LogP contribution is 2.22. The summed E-state index contributed by atoms with van der Waals surface area (Å²) >= 11 is 3.22. The summed E-state index contributed by atoms with van der Waals surface area (Å²) in [6, 6.07) is 0. The predicted molar refractivity (Wildman–Crippen MR) is 56.9 cm³/mol. The van der Waals surface area contributed by atoms with Crippen molar-refractivity contribution in [2.75, 3.05) is 5.75 Å². The molecule has 1 N–H and O–H groups in total. The lowest BCUT2D eigenvalue weighted by atomic mass is 10.3. The zero-order valence-electron chi connectivity index (χ0n) is 7.89. The van der Waals surface area contributed by atoms with E-state index < -0.39 is 5.97 Å². The summed E-state index contributed by atoms with van der Waals surface area (Å²) in [4.78, 5) is 10.2. The number of hydrogen-bond acceptors (Lipinski definition) is 5. The van der Waals surface area contributed by atoms with Gasteiger partial charge in [0.2, 0.25) is 0 Å². The van der Waals surface area contributed by atoms with Gasteiger partial charge in [-0.2, -0.15) is 0 Å². The van der Waals surface area contributed by atoms with Crippen LogP contribution in [0.3, 0.4) is 0 Å². The van der Waals surface area contributed by atoms with Gasteiger partial charge in [-0.1, -0.05) is 23.1 Å². The van der Waals surface area contributed by atoms with E-state index in [1.807, 2.05) is 6.92 Å². The van der Waals surface area contributed by atoms with Crippen LogP contribution in [0.15, 0.2) is 4.34 Å². The van der Waals surface area contributed by atoms with Crippen LogP contribution in [0.5, 0.6) is 0 Å². The van der Waals surface area contributed by atoms with E-state index in [2.05, 4.69) is 10.2 Å². The number of rotatable bonds is 6. The first-order chi connectivity index (χ1) is 6.68. The molecule has 0 aliphatic carbocycles. The minimum atomic E-state index is -0.721. The Morgan fingerprint density at radius 1 is 1.50 bits per heavy atom. The molecule has 0 spiro atoms. The Bertz CT molecular complexity index is 301. The van der Waals surface area contributed by atoms with Gasteiger partial charge in [0.15, 0.2) is 4.34 Å². The van der Waals surface area contributed by atoms with Crippen LogP contribution >= 0.6 is 23.1 Å². The van der Waals surface area contributed by atoms with Crippen LogP contribution in [0.4, 0.5) is 0 Å². The SMILES string of the molecule is Cc1nnc(SCCCCC(=O)O)s1. The molecule has 78 valence electrons. The first kappa shape index (κ1) is 11.5. The van der Waals surface area contributed by atoms with Crippen LogP contribution < -0.4 is 0 Å². The Hall–Kier alpha value is -0.620. The Morgan fingerprint density at radius 3 is 2.86 bits per heavy atom. The average Bonchev–Trinajstić information content (AvgIpc) is 2.50. The highest BCUT2D eigenvalue weighted by atomic mass is 32.2. The topological polar surface area (TPSA) is 63.1 Å². The quantitative estimate of drug-likeness (QED) is 0.601. The molecule has 0 saturated carbocycles. The molecule has 4 nitrogen and oxygen atoms in total. The lowest BCUT2D eigenvalue weighted by Gasteiger charge is -1.95. The van der Waals surface area contributed by atoms with Crippen LogP contribution in [-0.2, 0) is 4.79 Å². The van der Waals surface area contributed by atoms with Gasteiger partial charge in [-0.3, -0.25) is 4.79 Å².